The fourth-order valence-electron chi connectivity index (χ4n) is 0.591. The van der Waals surface area contributed by atoms with Crippen molar-refractivity contribution in [3.05, 3.63) is 24.3 Å². The average Bonchev–Trinajstić information content (AvgIpc) is 2.00. The molecule has 11 heavy (non-hydrogen) atoms. The van der Waals surface area contributed by atoms with Gasteiger partial charge in [-0.2, -0.15) is 5.26 Å². The third kappa shape index (κ3) is 3.62. The van der Waals surface area contributed by atoms with Gasteiger partial charge in [-0.05, 0) is 27.2 Å². The standard InChI is InChI=1S/C10H15N/c1-5-10(4,8-11)7-6-9(2)3/h5-6H,1,7H2,2-4H3/t10-/m0/s1. The van der Waals surface area contributed by atoms with Crippen LogP contribution < -0.4 is 0 Å². The molecule has 0 N–H and O–H groups in total. The highest BCUT2D eigenvalue weighted by Crippen LogP contribution is 2.22. The average molecular weight is 149 g/mol. The van der Waals surface area contributed by atoms with E-state index in [4.69, 9.17) is 5.26 Å². The lowest BCUT2D eigenvalue weighted by Crippen LogP contribution is -2.07. The normalized spacial score (nSPS) is 14.4. The SMILES string of the molecule is C=C[C@](C)(C#N)CC=C(C)C. The second-order valence-corrected chi connectivity index (χ2v) is 3.22. The molecule has 0 aliphatic rings. The molecule has 0 bridgehead atoms. The largest absolute Gasteiger partial charge is 0.197 e. The number of rotatable bonds is 3. The summed E-state index contributed by atoms with van der Waals surface area (Å²) in [4.78, 5) is 0. The highest BCUT2D eigenvalue weighted by atomic mass is 14.3. The Balaban J connectivity index is 4.24. The van der Waals surface area contributed by atoms with E-state index >= 15 is 0 Å². The minimum Gasteiger partial charge on any atom is -0.197 e. The summed E-state index contributed by atoms with van der Waals surface area (Å²) in [7, 11) is 0. The summed E-state index contributed by atoms with van der Waals surface area (Å²) in [6.45, 7) is 9.58. The van der Waals surface area contributed by atoms with Gasteiger partial charge in [0.2, 0.25) is 0 Å². The van der Waals surface area contributed by atoms with E-state index in [0.29, 0.717) is 0 Å². The van der Waals surface area contributed by atoms with Gasteiger partial charge in [0.15, 0.2) is 0 Å². The van der Waals surface area contributed by atoms with Gasteiger partial charge < -0.3 is 0 Å². The lowest BCUT2D eigenvalue weighted by Gasteiger charge is -2.12. The van der Waals surface area contributed by atoms with E-state index in [0.717, 1.165) is 6.42 Å². The second kappa shape index (κ2) is 3.98. The van der Waals surface area contributed by atoms with Crippen LogP contribution in [0.4, 0.5) is 0 Å². The van der Waals surface area contributed by atoms with Gasteiger partial charge in [0.25, 0.3) is 0 Å². The molecule has 0 aromatic rings. The van der Waals surface area contributed by atoms with Crippen molar-refractivity contribution in [1.82, 2.24) is 0 Å². The first kappa shape index (κ1) is 9.97. The molecule has 0 radical (unpaired) electrons. The molecule has 0 fully saturated rings. The first-order valence-corrected chi connectivity index (χ1v) is 3.72. The maximum absolute atomic E-state index is 8.75. The molecule has 0 saturated heterocycles. The van der Waals surface area contributed by atoms with Crippen LogP contribution in [0.1, 0.15) is 27.2 Å². The van der Waals surface area contributed by atoms with Crippen molar-refractivity contribution >= 4 is 0 Å². The van der Waals surface area contributed by atoms with Crippen LogP contribution in [0.2, 0.25) is 0 Å². The maximum atomic E-state index is 8.75. The first-order chi connectivity index (χ1) is 5.04. The van der Waals surface area contributed by atoms with Crippen molar-refractivity contribution in [2.24, 2.45) is 5.41 Å². The van der Waals surface area contributed by atoms with Crippen molar-refractivity contribution in [1.29, 1.82) is 5.26 Å². The molecule has 0 heterocycles. The van der Waals surface area contributed by atoms with Crippen LogP contribution in [0, 0.1) is 16.7 Å². The summed E-state index contributed by atoms with van der Waals surface area (Å²) < 4.78 is 0. The Kier molecular flexibility index (Phi) is 3.60. The topological polar surface area (TPSA) is 23.8 Å². The first-order valence-electron chi connectivity index (χ1n) is 3.72. The minimum atomic E-state index is -0.392. The molecule has 0 spiro atoms. The molecule has 0 rings (SSSR count). The van der Waals surface area contributed by atoms with Gasteiger partial charge in [-0.3, -0.25) is 0 Å². The summed E-state index contributed by atoms with van der Waals surface area (Å²) in [5.41, 5.74) is 0.852. The zero-order chi connectivity index (χ0) is 8.91. The zero-order valence-electron chi connectivity index (χ0n) is 7.52. The monoisotopic (exact) mass is 149 g/mol. The Morgan fingerprint density at radius 2 is 2.18 bits per heavy atom. The Bertz CT molecular complexity index is 203. The zero-order valence-corrected chi connectivity index (χ0v) is 7.52. The third-order valence-corrected chi connectivity index (χ3v) is 1.64. The van der Waals surface area contributed by atoms with Gasteiger partial charge in [-0.1, -0.05) is 17.7 Å². The molecule has 0 aliphatic carbocycles. The fraction of sp³-hybridized carbons (Fsp3) is 0.500. The fourth-order valence-corrected chi connectivity index (χ4v) is 0.591. The van der Waals surface area contributed by atoms with Gasteiger partial charge in [0.05, 0.1) is 11.5 Å². The minimum absolute atomic E-state index is 0.392. The highest BCUT2D eigenvalue weighted by Gasteiger charge is 2.16. The Morgan fingerprint density at radius 1 is 1.64 bits per heavy atom. The molecule has 0 aromatic carbocycles. The predicted octanol–water partition coefficient (Wildman–Crippen LogP) is 3.06. The summed E-state index contributed by atoms with van der Waals surface area (Å²) in [6, 6.07) is 2.22. The van der Waals surface area contributed by atoms with Crippen molar-refractivity contribution in [3.63, 3.8) is 0 Å². The van der Waals surface area contributed by atoms with E-state index in [1.807, 2.05) is 20.8 Å². The summed E-state index contributed by atoms with van der Waals surface area (Å²) in [5, 5.41) is 8.75. The van der Waals surface area contributed by atoms with Gasteiger partial charge in [0, 0.05) is 0 Å². The van der Waals surface area contributed by atoms with Gasteiger partial charge in [-0.25, -0.2) is 0 Å². The molecule has 0 saturated carbocycles. The predicted molar refractivity (Wildman–Crippen MR) is 48.0 cm³/mol. The molecule has 1 atom stereocenters. The van der Waals surface area contributed by atoms with E-state index < -0.39 is 5.41 Å². The summed E-state index contributed by atoms with van der Waals surface area (Å²) in [6.07, 6.45) is 4.52. The Hall–Kier alpha value is -1.03. The number of hydrogen-bond donors (Lipinski definition) is 0. The highest BCUT2D eigenvalue weighted by molar-refractivity contribution is 5.12. The molecule has 0 aliphatic heterocycles. The summed E-state index contributed by atoms with van der Waals surface area (Å²) >= 11 is 0. The van der Waals surface area contributed by atoms with Crippen LogP contribution in [0.25, 0.3) is 0 Å². The molecule has 0 aromatic heterocycles. The molecule has 0 unspecified atom stereocenters. The van der Waals surface area contributed by atoms with Crippen molar-refractivity contribution in [3.8, 4) is 6.07 Å². The van der Waals surface area contributed by atoms with Crippen molar-refractivity contribution in [2.75, 3.05) is 0 Å². The van der Waals surface area contributed by atoms with E-state index in [1.165, 1.54) is 5.57 Å². The number of nitrogens with zero attached hydrogens (tertiary/aromatic N) is 1. The van der Waals surface area contributed by atoms with E-state index in [-0.39, 0.29) is 0 Å². The van der Waals surface area contributed by atoms with E-state index in [1.54, 1.807) is 6.08 Å². The summed E-state index contributed by atoms with van der Waals surface area (Å²) in [5.74, 6) is 0. The molecule has 1 nitrogen and oxygen atoms in total. The van der Waals surface area contributed by atoms with Crippen molar-refractivity contribution < 1.29 is 0 Å². The quantitative estimate of drug-likeness (QED) is 0.566. The Labute approximate surface area is 69.0 Å². The molecule has 1 heteroatoms. The Morgan fingerprint density at radius 3 is 2.45 bits per heavy atom. The number of nitriles is 1. The molecular weight excluding hydrogens is 134 g/mol. The molecule has 60 valence electrons. The maximum Gasteiger partial charge on any atom is 0.0757 e. The third-order valence-electron chi connectivity index (χ3n) is 1.64. The van der Waals surface area contributed by atoms with Crippen LogP contribution in [0.5, 0.6) is 0 Å². The van der Waals surface area contributed by atoms with Crippen molar-refractivity contribution in [2.45, 2.75) is 27.2 Å². The van der Waals surface area contributed by atoms with Crippen LogP contribution in [0.3, 0.4) is 0 Å². The lowest BCUT2D eigenvalue weighted by molar-refractivity contribution is 0.578. The van der Waals surface area contributed by atoms with Crippen LogP contribution in [-0.4, -0.2) is 0 Å². The van der Waals surface area contributed by atoms with Gasteiger partial charge in [-0.15, -0.1) is 6.58 Å². The van der Waals surface area contributed by atoms with Crippen LogP contribution >= 0.6 is 0 Å². The van der Waals surface area contributed by atoms with Crippen LogP contribution in [-0.2, 0) is 0 Å². The van der Waals surface area contributed by atoms with Crippen LogP contribution in [0.15, 0.2) is 24.3 Å². The number of hydrogen-bond acceptors (Lipinski definition) is 1. The molecular formula is C10H15N. The lowest BCUT2D eigenvalue weighted by atomic mass is 9.88. The van der Waals surface area contributed by atoms with E-state index in [9.17, 15) is 0 Å². The number of allylic oxidation sites excluding steroid dienone is 3. The smallest absolute Gasteiger partial charge is 0.0757 e. The van der Waals surface area contributed by atoms with Gasteiger partial charge >= 0.3 is 0 Å². The molecule has 0 amide bonds. The second-order valence-electron chi connectivity index (χ2n) is 3.22. The van der Waals surface area contributed by atoms with Gasteiger partial charge in [0.1, 0.15) is 0 Å². The van der Waals surface area contributed by atoms with E-state index in [2.05, 4.69) is 18.7 Å².